The smallest absolute Gasteiger partial charge is 0.232 e. The fourth-order valence-corrected chi connectivity index (χ4v) is 5.07. The quantitative estimate of drug-likeness (QED) is 0.493. The molecule has 30 heavy (non-hydrogen) atoms. The number of carbonyl (C=O) groups is 1. The van der Waals surface area contributed by atoms with Crippen molar-refractivity contribution in [3.05, 3.63) is 71.8 Å². The van der Waals surface area contributed by atoms with Crippen LogP contribution in [0, 0.1) is 11.8 Å². The van der Waals surface area contributed by atoms with Crippen LogP contribution in [-0.4, -0.2) is 18.5 Å². The van der Waals surface area contributed by atoms with Crippen LogP contribution in [-0.2, 0) is 10.2 Å². The number of amides is 1. The van der Waals surface area contributed by atoms with Gasteiger partial charge in [0.1, 0.15) is 5.41 Å². The van der Waals surface area contributed by atoms with Crippen molar-refractivity contribution in [2.75, 3.05) is 6.54 Å². The van der Waals surface area contributed by atoms with Gasteiger partial charge in [0.15, 0.2) is 0 Å². The number of hydrogen-bond acceptors (Lipinski definition) is 2. The molecule has 0 saturated heterocycles. The summed E-state index contributed by atoms with van der Waals surface area (Å²) in [5.74, 6) is 0.745. The van der Waals surface area contributed by atoms with Crippen LogP contribution in [0.5, 0.6) is 0 Å². The number of unbranched alkanes of at least 4 members (excludes halogenated alkanes) is 1. The Balaban J connectivity index is 0.00000320. The van der Waals surface area contributed by atoms with E-state index in [1.54, 1.807) is 0 Å². The molecule has 2 aromatic carbocycles. The number of benzene rings is 2. The van der Waals surface area contributed by atoms with E-state index in [1.165, 1.54) is 19.3 Å². The molecule has 1 aliphatic rings. The van der Waals surface area contributed by atoms with Gasteiger partial charge >= 0.3 is 0 Å². The van der Waals surface area contributed by atoms with Crippen LogP contribution in [0.15, 0.2) is 60.7 Å². The second-order valence-electron chi connectivity index (χ2n) is 8.95. The molecule has 1 saturated carbocycles. The molecule has 1 fully saturated rings. The predicted molar refractivity (Wildman–Crippen MR) is 128 cm³/mol. The van der Waals surface area contributed by atoms with Crippen molar-refractivity contribution in [1.82, 2.24) is 5.32 Å². The van der Waals surface area contributed by atoms with E-state index in [1.807, 2.05) is 36.4 Å². The maximum atomic E-state index is 13.1. The average molecular weight is 429 g/mol. The second-order valence-corrected chi connectivity index (χ2v) is 8.95. The van der Waals surface area contributed by atoms with Gasteiger partial charge in [-0.1, -0.05) is 87.4 Å². The molecule has 0 radical (unpaired) electrons. The highest BCUT2D eigenvalue weighted by Crippen LogP contribution is 2.46. The molecule has 2 aromatic rings. The first-order valence-electron chi connectivity index (χ1n) is 11.2. The highest BCUT2D eigenvalue weighted by atomic mass is 35.5. The lowest BCUT2D eigenvalue weighted by atomic mass is 9.64. The molecule has 0 aliphatic heterocycles. The number of hydrogen-bond donors (Lipinski definition) is 2. The summed E-state index contributed by atoms with van der Waals surface area (Å²) < 4.78 is 0. The van der Waals surface area contributed by atoms with Crippen molar-refractivity contribution in [2.24, 2.45) is 17.6 Å². The van der Waals surface area contributed by atoms with Crippen LogP contribution < -0.4 is 11.1 Å². The predicted octanol–water partition coefficient (Wildman–Crippen LogP) is 5.46. The standard InChI is InChI=1S/C26H36N2O.ClH/c1-20(2)11-9-10-18-28-24-17-16-23(19-24)26(25(27)29,21-12-5-3-6-13-21)22-14-7-4-8-15-22;/h3-8,12-15,20,23-24,28H,9-11,16-19H2,1-2H3,(H2,27,29);1H. The SMILES string of the molecule is CC(C)CCCCNC1CCC(C(C(N)=O)(c2ccccc2)c2ccccc2)C1.Cl. The monoisotopic (exact) mass is 428 g/mol. The third-order valence-electron chi connectivity index (χ3n) is 6.53. The van der Waals surface area contributed by atoms with Crippen LogP contribution in [0.4, 0.5) is 0 Å². The highest BCUT2D eigenvalue weighted by Gasteiger charge is 2.49. The maximum absolute atomic E-state index is 13.1. The van der Waals surface area contributed by atoms with Gasteiger partial charge in [0.05, 0.1) is 0 Å². The molecule has 3 nitrogen and oxygen atoms in total. The zero-order chi connectivity index (χ0) is 20.7. The van der Waals surface area contributed by atoms with Crippen molar-refractivity contribution in [3.8, 4) is 0 Å². The topological polar surface area (TPSA) is 55.1 Å². The highest BCUT2D eigenvalue weighted by molar-refractivity contribution is 5.91. The van der Waals surface area contributed by atoms with Crippen LogP contribution in [0.25, 0.3) is 0 Å². The molecule has 0 spiro atoms. The molecule has 0 bridgehead atoms. The van der Waals surface area contributed by atoms with E-state index in [0.717, 1.165) is 42.9 Å². The van der Waals surface area contributed by atoms with Crippen LogP contribution >= 0.6 is 12.4 Å². The van der Waals surface area contributed by atoms with E-state index in [-0.39, 0.29) is 24.2 Å². The van der Waals surface area contributed by atoms with Gasteiger partial charge in [0.2, 0.25) is 5.91 Å². The van der Waals surface area contributed by atoms with E-state index in [4.69, 9.17) is 5.73 Å². The van der Waals surface area contributed by atoms with Crippen molar-refractivity contribution in [1.29, 1.82) is 0 Å². The first-order chi connectivity index (χ1) is 14.0. The second kappa shape index (κ2) is 11.5. The van der Waals surface area contributed by atoms with Gasteiger partial charge < -0.3 is 11.1 Å². The minimum absolute atomic E-state index is 0. The Morgan fingerprint density at radius 3 is 2.07 bits per heavy atom. The Hall–Kier alpha value is -1.84. The minimum Gasteiger partial charge on any atom is -0.369 e. The van der Waals surface area contributed by atoms with Gasteiger partial charge in [-0.25, -0.2) is 0 Å². The van der Waals surface area contributed by atoms with Crippen molar-refractivity contribution < 1.29 is 4.79 Å². The van der Waals surface area contributed by atoms with Crippen LogP contribution in [0.2, 0.25) is 0 Å². The van der Waals surface area contributed by atoms with Crippen LogP contribution in [0.1, 0.15) is 63.5 Å². The molecule has 1 amide bonds. The van der Waals surface area contributed by atoms with Gasteiger partial charge in [0, 0.05) is 6.04 Å². The fourth-order valence-electron chi connectivity index (χ4n) is 5.07. The zero-order valence-corrected chi connectivity index (χ0v) is 19.2. The van der Waals surface area contributed by atoms with Gasteiger partial charge in [-0.2, -0.15) is 0 Å². The summed E-state index contributed by atoms with van der Waals surface area (Å²) in [4.78, 5) is 13.1. The number of nitrogens with two attached hydrogens (primary N) is 1. The lowest BCUT2D eigenvalue weighted by Crippen LogP contribution is -2.48. The largest absolute Gasteiger partial charge is 0.369 e. The molecule has 3 rings (SSSR count). The summed E-state index contributed by atoms with van der Waals surface area (Å²) in [5.41, 5.74) is 7.43. The Bertz CT molecular complexity index is 724. The number of carbonyl (C=O) groups excluding carboxylic acids is 1. The summed E-state index contributed by atoms with van der Waals surface area (Å²) in [6.07, 6.45) is 6.89. The molecule has 0 heterocycles. The van der Waals surface area contributed by atoms with E-state index in [2.05, 4.69) is 43.4 Å². The van der Waals surface area contributed by atoms with Gasteiger partial charge in [0.25, 0.3) is 0 Å². The average Bonchev–Trinajstić information content (AvgIpc) is 3.18. The third-order valence-corrected chi connectivity index (χ3v) is 6.53. The van der Waals surface area contributed by atoms with E-state index in [9.17, 15) is 4.79 Å². The molecule has 2 atom stereocenters. The molecule has 1 aliphatic carbocycles. The summed E-state index contributed by atoms with van der Waals surface area (Å²) >= 11 is 0. The van der Waals surface area contributed by atoms with Gasteiger partial charge in [-0.3, -0.25) is 4.79 Å². The van der Waals surface area contributed by atoms with E-state index < -0.39 is 5.41 Å². The Kier molecular flexibility index (Phi) is 9.38. The van der Waals surface area contributed by atoms with Crippen LogP contribution in [0.3, 0.4) is 0 Å². The molecular weight excluding hydrogens is 392 g/mol. The number of primary amides is 1. The van der Waals surface area contributed by atoms with Crippen molar-refractivity contribution >= 4 is 18.3 Å². The molecule has 2 unspecified atom stereocenters. The summed E-state index contributed by atoms with van der Waals surface area (Å²) in [6.45, 7) is 5.63. The zero-order valence-electron chi connectivity index (χ0n) is 18.3. The normalized spacial score (nSPS) is 18.9. The van der Waals surface area contributed by atoms with Crippen molar-refractivity contribution in [3.63, 3.8) is 0 Å². The lowest BCUT2D eigenvalue weighted by molar-refractivity contribution is -0.123. The summed E-state index contributed by atoms with van der Waals surface area (Å²) in [6, 6.07) is 20.7. The Morgan fingerprint density at radius 2 is 1.57 bits per heavy atom. The summed E-state index contributed by atoms with van der Waals surface area (Å²) in [7, 11) is 0. The molecule has 4 heteroatoms. The number of nitrogens with one attached hydrogen (secondary N) is 1. The lowest BCUT2D eigenvalue weighted by Gasteiger charge is -2.37. The number of rotatable bonds is 10. The Labute approximate surface area is 188 Å². The first kappa shape index (κ1) is 24.4. The number of halogens is 1. The Morgan fingerprint density at radius 1 is 1.00 bits per heavy atom. The molecular formula is C26H37ClN2O. The van der Waals surface area contributed by atoms with Gasteiger partial charge in [-0.05, 0) is 55.2 Å². The molecule has 3 N–H and O–H groups in total. The molecule has 164 valence electrons. The third kappa shape index (κ3) is 5.44. The minimum atomic E-state index is -0.767. The first-order valence-corrected chi connectivity index (χ1v) is 11.2. The van der Waals surface area contributed by atoms with E-state index in [0.29, 0.717) is 6.04 Å². The van der Waals surface area contributed by atoms with E-state index >= 15 is 0 Å². The van der Waals surface area contributed by atoms with Gasteiger partial charge in [-0.15, -0.1) is 12.4 Å². The summed E-state index contributed by atoms with van der Waals surface area (Å²) in [5, 5.41) is 3.75. The maximum Gasteiger partial charge on any atom is 0.232 e. The fraction of sp³-hybridized carbons (Fsp3) is 0.500. The van der Waals surface area contributed by atoms with Crippen molar-refractivity contribution in [2.45, 2.75) is 63.8 Å². The molecule has 0 aromatic heterocycles.